The van der Waals surface area contributed by atoms with Gasteiger partial charge in [-0.2, -0.15) is 0 Å². The van der Waals surface area contributed by atoms with Gasteiger partial charge in [-0.3, -0.25) is 0 Å². The summed E-state index contributed by atoms with van der Waals surface area (Å²) < 4.78 is 65.2. The molecular weight excluding hydrogens is 319 g/mol. The Kier molecular flexibility index (Phi) is 4.84. The minimum atomic E-state index is -4.42. The van der Waals surface area contributed by atoms with Crippen LogP contribution in [-0.2, 0) is 10.0 Å². The van der Waals surface area contributed by atoms with Gasteiger partial charge in [0.2, 0.25) is 10.0 Å². The average molecular weight is 331 g/mol. The lowest BCUT2D eigenvalue weighted by molar-refractivity contribution is 0.182. The van der Waals surface area contributed by atoms with Gasteiger partial charge in [0, 0.05) is 6.54 Å². The molecule has 0 saturated carbocycles. The van der Waals surface area contributed by atoms with Gasteiger partial charge in [0.25, 0.3) is 0 Å². The summed E-state index contributed by atoms with van der Waals surface area (Å²) in [5.74, 6) is -5.16. The van der Waals surface area contributed by atoms with E-state index in [2.05, 4.69) is 0 Å². The maximum Gasteiger partial charge on any atom is 0.243 e. The zero-order valence-electron chi connectivity index (χ0n) is 11.1. The van der Waals surface area contributed by atoms with Crippen molar-refractivity contribution in [1.29, 1.82) is 0 Å². The van der Waals surface area contributed by atoms with Crippen LogP contribution in [-0.4, -0.2) is 20.1 Å². The number of sulfonamides is 1. The second kappa shape index (κ2) is 6.47. The van der Waals surface area contributed by atoms with Crippen LogP contribution in [0.4, 0.5) is 13.2 Å². The van der Waals surface area contributed by atoms with Gasteiger partial charge < -0.3 is 5.11 Å². The van der Waals surface area contributed by atoms with Gasteiger partial charge in [-0.15, -0.1) is 0 Å². The van der Waals surface area contributed by atoms with Crippen LogP contribution in [0.25, 0.3) is 0 Å². The molecule has 2 rings (SSSR count). The second-order valence-corrected chi connectivity index (χ2v) is 6.19. The number of halogens is 3. The molecule has 2 N–H and O–H groups in total. The maximum absolute atomic E-state index is 13.5. The van der Waals surface area contributed by atoms with E-state index in [4.69, 9.17) is 0 Å². The summed E-state index contributed by atoms with van der Waals surface area (Å²) in [4.78, 5) is -1.02. The molecule has 0 aromatic heterocycles. The summed E-state index contributed by atoms with van der Waals surface area (Å²) >= 11 is 0. The number of nitrogens with one attached hydrogen (secondary N) is 1. The monoisotopic (exact) mass is 331 g/mol. The fraction of sp³-hybridized carbons (Fsp3) is 0.143. The topological polar surface area (TPSA) is 66.4 Å². The molecule has 0 amide bonds. The molecule has 0 radical (unpaired) electrons. The van der Waals surface area contributed by atoms with Crippen molar-refractivity contribution in [3.8, 4) is 0 Å². The van der Waals surface area contributed by atoms with Crippen LogP contribution >= 0.6 is 0 Å². The molecule has 0 aliphatic heterocycles. The Morgan fingerprint density at radius 2 is 1.64 bits per heavy atom. The highest BCUT2D eigenvalue weighted by Crippen LogP contribution is 2.20. The van der Waals surface area contributed by atoms with Crippen LogP contribution < -0.4 is 4.72 Å². The summed E-state index contributed by atoms with van der Waals surface area (Å²) in [6, 6.07) is 9.32. The molecule has 0 aliphatic rings. The van der Waals surface area contributed by atoms with Crippen molar-refractivity contribution < 1.29 is 26.7 Å². The van der Waals surface area contributed by atoms with Gasteiger partial charge in [-0.1, -0.05) is 30.3 Å². The number of rotatable bonds is 5. The zero-order valence-corrected chi connectivity index (χ0v) is 11.9. The summed E-state index contributed by atoms with van der Waals surface area (Å²) in [6.45, 7) is -0.440. The van der Waals surface area contributed by atoms with Crippen molar-refractivity contribution in [2.24, 2.45) is 0 Å². The van der Waals surface area contributed by atoms with Crippen LogP contribution in [0, 0.1) is 17.5 Å². The molecule has 1 unspecified atom stereocenters. The lowest BCUT2D eigenvalue weighted by Gasteiger charge is -2.13. The van der Waals surface area contributed by atoms with E-state index < -0.39 is 45.0 Å². The number of benzene rings is 2. The highest BCUT2D eigenvalue weighted by atomic mass is 32.2. The van der Waals surface area contributed by atoms with Crippen molar-refractivity contribution in [3.05, 3.63) is 65.5 Å². The van der Waals surface area contributed by atoms with Gasteiger partial charge in [-0.25, -0.2) is 26.3 Å². The molecule has 118 valence electrons. The lowest BCUT2D eigenvalue weighted by atomic mass is 10.1. The van der Waals surface area contributed by atoms with E-state index in [0.717, 1.165) is 0 Å². The molecule has 0 saturated heterocycles. The van der Waals surface area contributed by atoms with Crippen LogP contribution in [0.1, 0.15) is 11.7 Å². The summed E-state index contributed by atoms with van der Waals surface area (Å²) in [7, 11) is -4.42. The fourth-order valence-electron chi connectivity index (χ4n) is 1.78. The van der Waals surface area contributed by atoms with E-state index in [1.165, 1.54) is 0 Å². The predicted molar refractivity (Wildman–Crippen MR) is 72.9 cm³/mol. The molecule has 0 heterocycles. The minimum absolute atomic E-state index is 0.440. The maximum atomic E-state index is 13.5. The van der Waals surface area contributed by atoms with Gasteiger partial charge in [0.05, 0.1) is 6.10 Å². The minimum Gasteiger partial charge on any atom is -0.387 e. The predicted octanol–water partition coefficient (Wildman–Crippen LogP) is 2.12. The quantitative estimate of drug-likeness (QED) is 0.825. The van der Waals surface area contributed by atoms with Crippen LogP contribution in [0.2, 0.25) is 0 Å². The number of aliphatic hydroxyl groups is 1. The Bertz CT molecular complexity index is 766. The Hall–Kier alpha value is -1.90. The SMILES string of the molecule is O=S(=O)(NCC(O)c1ccccc1)c1ccc(F)c(F)c1F. The van der Waals surface area contributed by atoms with Gasteiger partial charge in [0.15, 0.2) is 17.5 Å². The Morgan fingerprint density at radius 3 is 2.27 bits per heavy atom. The standard InChI is InChI=1S/C14H12F3NO3S/c15-10-6-7-12(14(17)13(10)16)22(20,21)18-8-11(19)9-4-2-1-3-5-9/h1-7,11,18-19H,8H2. The molecule has 8 heteroatoms. The normalized spacial score (nSPS) is 13.1. The van der Waals surface area contributed by atoms with Crippen molar-refractivity contribution in [3.63, 3.8) is 0 Å². The fourth-order valence-corrected chi connectivity index (χ4v) is 2.88. The van der Waals surface area contributed by atoms with Gasteiger partial charge in [-0.05, 0) is 17.7 Å². The van der Waals surface area contributed by atoms with Crippen molar-refractivity contribution >= 4 is 10.0 Å². The smallest absolute Gasteiger partial charge is 0.243 e. The molecule has 0 bridgehead atoms. The first-order valence-electron chi connectivity index (χ1n) is 6.19. The lowest BCUT2D eigenvalue weighted by Crippen LogP contribution is -2.29. The molecule has 22 heavy (non-hydrogen) atoms. The number of hydrogen-bond acceptors (Lipinski definition) is 3. The third-order valence-corrected chi connectivity index (χ3v) is 4.38. The van der Waals surface area contributed by atoms with E-state index >= 15 is 0 Å². The highest BCUT2D eigenvalue weighted by Gasteiger charge is 2.24. The van der Waals surface area contributed by atoms with Gasteiger partial charge in [0.1, 0.15) is 4.90 Å². The van der Waals surface area contributed by atoms with E-state index in [-0.39, 0.29) is 0 Å². The molecule has 2 aromatic carbocycles. The first kappa shape index (κ1) is 16.5. The first-order chi connectivity index (χ1) is 10.3. The van der Waals surface area contributed by atoms with Crippen molar-refractivity contribution in [2.45, 2.75) is 11.0 Å². The summed E-state index contributed by atoms with van der Waals surface area (Å²) in [5, 5.41) is 9.84. The van der Waals surface area contributed by atoms with Crippen molar-refractivity contribution in [1.82, 2.24) is 4.72 Å². The van der Waals surface area contributed by atoms with Crippen LogP contribution in [0.3, 0.4) is 0 Å². The van der Waals surface area contributed by atoms with Crippen LogP contribution in [0.15, 0.2) is 47.4 Å². The molecule has 0 fully saturated rings. The van der Waals surface area contributed by atoms with E-state index in [1.807, 2.05) is 4.72 Å². The first-order valence-corrected chi connectivity index (χ1v) is 7.67. The highest BCUT2D eigenvalue weighted by molar-refractivity contribution is 7.89. The Balaban J connectivity index is 2.17. The number of aliphatic hydroxyl groups excluding tert-OH is 1. The molecule has 0 spiro atoms. The average Bonchev–Trinajstić information content (AvgIpc) is 2.51. The van der Waals surface area contributed by atoms with Gasteiger partial charge >= 0.3 is 0 Å². The second-order valence-electron chi connectivity index (χ2n) is 4.45. The van der Waals surface area contributed by atoms with E-state index in [1.54, 1.807) is 30.3 Å². The third kappa shape index (κ3) is 3.46. The van der Waals surface area contributed by atoms with E-state index in [0.29, 0.717) is 17.7 Å². The Labute approximate surface area is 125 Å². The Morgan fingerprint density at radius 1 is 1.00 bits per heavy atom. The van der Waals surface area contributed by atoms with Crippen LogP contribution in [0.5, 0.6) is 0 Å². The van der Waals surface area contributed by atoms with Crippen molar-refractivity contribution in [2.75, 3.05) is 6.54 Å². The molecule has 4 nitrogen and oxygen atoms in total. The summed E-state index contributed by atoms with van der Waals surface area (Å²) in [5.41, 5.74) is 0.455. The molecule has 1 atom stereocenters. The largest absolute Gasteiger partial charge is 0.387 e. The molecular formula is C14H12F3NO3S. The number of hydrogen-bond donors (Lipinski definition) is 2. The third-order valence-electron chi connectivity index (χ3n) is 2.94. The zero-order chi connectivity index (χ0) is 16.3. The summed E-state index contributed by atoms with van der Waals surface area (Å²) in [6.07, 6.45) is -1.16. The molecule has 2 aromatic rings. The van der Waals surface area contributed by atoms with E-state index in [9.17, 15) is 26.7 Å². The molecule has 0 aliphatic carbocycles.